The van der Waals surface area contributed by atoms with Gasteiger partial charge in [-0.25, -0.2) is 4.79 Å². The van der Waals surface area contributed by atoms with Crippen LogP contribution in [0.1, 0.15) is 53.4 Å². The largest absolute Gasteiger partial charge is 0.488 e. The van der Waals surface area contributed by atoms with Crippen LogP contribution in [-0.2, 0) is 10.9 Å². The molecule has 8 heteroatoms. The van der Waals surface area contributed by atoms with E-state index in [9.17, 15) is 18.0 Å². The Bertz CT molecular complexity index is 1050. The zero-order chi connectivity index (χ0) is 22.4. The van der Waals surface area contributed by atoms with Gasteiger partial charge in [-0.05, 0) is 63.6 Å². The minimum Gasteiger partial charge on any atom is -0.488 e. The van der Waals surface area contributed by atoms with Crippen molar-refractivity contribution in [2.75, 3.05) is 6.61 Å². The van der Waals surface area contributed by atoms with E-state index in [0.717, 1.165) is 12.1 Å². The molecule has 2 aromatic carbocycles. The van der Waals surface area contributed by atoms with Crippen molar-refractivity contribution in [3.05, 3.63) is 62.1 Å². The highest BCUT2D eigenvalue weighted by atomic mass is 35.5. The van der Waals surface area contributed by atoms with Gasteiger partial charge >= 0.3 is 12.1 Å². The molecule has 30 heavy (non-hydrogen) atoms. The predicted molar refractivity (Wildman–Crippen MR) is 111 cm³/mol. The highest BCUT2D eigenvalue weighted by Crippen LogP contribution is 2.43. The maximum atomic E-state index is 13.1. The molecule has 0 radical (unpaired) electrons. The van der Waals surface area contributed by atoms with E-state index in [0.29, 0.717) is 22.3 Å². The van der Waals surface area contributed by atoms with Gasteiger partial charge in [0.25, 0.3) is 0 Å². The van der Waals surface area contributed by atoms with Gasteiger partial charge in [-0.2, -0.15) is 13.2 Å². The van der Waals surface area contributed by atoms with Crippen molar-refractivity contribution in [1.29, 1.82) is 0 Å². The summed E-state index contributed by atoms with van der Waals surface area (Å²) in [6, 6.07) is 5.04. The number of esters is 1. The number of hydrogen-bond acceptors (Lipinski definition) is 3. The summed E-state index contributed by atoms with van der Waals surface area (Å²) in [6.07, 6.45) is -2.84. The molecule has 0 saturated carbocycles. The van der Waals surface area contributed by atoms with E-state index >= 15 is 0 Å². The Morgan fingerprint density at radius 3 is 2.43 bits per heavy atom. The van der Waals surface area contributed by atoms with Gasteiger partial charge in [-0.3, -0.25) is 0 Å². The maximum Gasteiger partial charge on any atom is 0.416 e. The van der Waals surface area contributed by atoms with E-state index in [-0.39, 0.29) is 28.0 Å². The van der Waals surface area contributed by atoms with E-state index < -0.39 is 23.3 Å². The maximum absolute atomic E-state index is 13.1. The number of benzene rings is 2. The van der Waals surface area contributed by atoms with Gasteiger partial charge < -0.3 is 9.47 Å². The van der Waals surface area contributed by atoms with Crippen LogP contribution in [0.25, 0.3) is 11.6 Å². The standard InChI is InChI=1S/C22H19Cl2F3O3/c1-11-7-13(22(25,26)27)9-17-18(11)12(10-29-17)8-15-16(23)6-5-14(19(15)24)20(28)30-21(2,3)4/h5-9H,10H2,1-4H3/b12-8+. The number of carbonyl (C=O) groups is 1. The van der Waals surface area contributed by atoms with Crippen molar-refractivity contribution >= 4 is 40.8 Å². The fourth-order valence-electron chi connectivity index (χ4n) is 3.15. The van der Waals surface area contributed by atoms with E-state index in [1.807, 2.05) is 0 Å². The molecule has 160 valence electrons. The van der Waals surface area contributed by atoms with E-state index in [4.69, 9.17) is 32.7 Å². The van der Waals surface area contributed by atoms with Gasteiger partial charge in [-0.15, -0.1) is 0 Å². The van der Waals surface area contributed by atoms with E-state index in [1.165, 1.54) is 12.1 Å². The number of fused-ring (bicyclic) bond motifs is 1. The average Bonchev–Trinajstić information content (AvgIpc) is 2.99. The molecule has 1 aliphatic heterocycles. The van der Waals surface area contributed by atoms with Crippen LogP contribution in [0.2, 0.25) is 10.0 Å². The summed E-state index contributed by atoms with van der Waals surface area (Å²) in [6.45, 7) is 6.85. The Kier molecular flexibility index (Phi) is 5.87. The second-order valence-electron chi connectivity index (χ2n) is 7.95. The van der Waals surface area contributed by atoms with Crippen molar-refractivity contribution in [2.45, 2.75) is 39.5 Å². The Balaban J connectivity index is 2.06. The van der Waals surface area contributed by atoms with Crippen LogP contribution >= 0.6 is 23.2 Å². The van der Waals surface area contributed by atoms with Crippen LogP contribution in [0.3, 0.4) is 0 Å². The average molecular weight is 459 g/mol. The smallest absolute Gasteiger partial charge is 0.416 e. The number of carbonyl (C=O) groups excluding carboxylic acids is 1. The third-order valence-electron chi connectivity index (χ3n) is 4.39. The highest BCUT2D eigenvalue weighted by molar-refractivity contribution is 6.39. The van der Waals surface area contributed by atoms with E-state index in [1.54, 1.807) is 33.8 Å². The zero-order valence-corrected chi connectivity index (χ0v) is 18.2. The Morgan fingerprint density at radius 2 is 1.83 bits per heavy atom. The minimum absolute atomic E-state index is 0.0564. The number of hydrogen-bond donors (Lipinski definition) is 0. The molecule has 0 atom stereocenters. The highest BCUT2D eigenvalue weighted by Gasteiger charge is 2.34. The SMILES string of the molecule is Cc1cc(C(F)(F)F)cc2c1/C(=C/c1c(Cl)ccc(C(=O)OC(C)(C)C)c1Cl)CO2. The molecule has 0 amide bonds. The summed E-state index contributed by atoms with van der Waals surface area (Å²) < 4.78 is 50.1. The number of halogens is 5. The van der Waals surface area contributed by atoms with Crippen LogP contribution in [0.15, 0.2) is 24.3 Å². The first-order valence-corrected chi connectivity index (χ1v) is 9.80. The summed E-state index contributed by atoms with van der Waals surface area (Å²) in [5.74, 6) is -0.456. The van der Waals surface area contributed by atoms with E-state index in [2.05, 4.69) is 0 Å². The second-order valence-corrected chi connectivity index (χ2v) is 8.73. The number of alkyl halides is 3. The first-order chi connectivity index (χ1) is 13.8. The van der Waals surface area contributed by atoms with Gasteiger partial charge in [0.15, 0.2) is 0 Å². The lowest BCUT2D eigenvalue weighted by Crippen LogP contribution is -2.24. The van der Waals surface area contributed by atoms with Crippen LogP contribution in [0.5, 0.6) is 5.75 Å². The zero-order valence-electron chi connectivity index (χ0n) is 16.7. The van der Waals surface area contributed by atoms with Crippen molar-refractivity contribution in [3.8, 4) is 5.75 Å². The van der Waals surface area contributed by atoms with Gasteiger partial charge in [0.1, 0.15) is 18.0 Å². The predicted octanol–water partition coefficient (Wildman–Crippen LogP) is 7.21. The van der Waals surface area contributed by atoms with Crippen LogP contribution < -0.4 is 4.74 Å². The molecular formula is C22H19Cl2F3O3. The Morgan fingerprint density at radius 1 is 1.17 bits per heavy atom. The fraction of sp³-hybridized carbons (Fsp3) is 0.318. The molecule has 0 N–H and O–H groups in total. The normalized spacial score (nSPS) is 15.2. The number of rotatable bonds is 2. The number of ether oxygens (including phenoxy) is 2. The lowest BCUT2D eigenvalue weighted by Gasteiger charge is -2.20. The topological polar surface area (TPSA) is 35.5 Å². The summed E-state index contributed by atoms with van der Waals surface area (Å²) in [7, 11) is 0. The van der Waals surface area contributed by atoms with Crippen molar-refractivity contribution < 1.29 is 27.4 Å². The first-order valence-electron chi connectivity index (χ1n) is 9.05. The Labute approximate surface area is 182 Å². The summed E-state index contributed by atoms with van der Waals surface area (Å²) in [4.78, 5) is 12.5. The molecule has 0 aromatic heterocycles. The molecule has 3 nitrogen and oxygen atoms in total. The Hall–Kier alpha value is -2.18. The molecule has 0 unspecified atom stereocenters. The molecule has 1 aliphatic rings. The van der Waals surface area contributed by atoms with Gasteiger partial charge in [0.05, 0.1) is 16.1 Å². The monoisotopic (exact) mass is 458 g/mol. The first kappa shape index (κ1) is 22.5. The summed E-state index contributed by atoms with van der Waals surface area (Å²) >= 11 is 12.7. The lowest BCUT2D eigenvalue weighted by molar-refractivity contribution is -0.137. The molecule has 1 heterocycles. The van der Waals surface area contributed by atoms with Crippen LogP contribution in [0, 0.1) is 6.92 Å². The lowest BCUT2D eigenvalue weighted by atomic mass is 9.97. The third kappa shape index (κ3) is 4.60. The van der Waals surface area contributed by atoms with Gasteiger partial charge in [0.2, 0.25) is 0 Å². The third-order valence-corrected chi connectivity index (χ3v) is 5.13. The molecule has 0 spiro atoms. The van der Waals surface area contributed by atoms with Crippen molar-refractivity contribution in [2.24, 2.45) is 0 Å². The second kappa shape index (κ2) is 7.82. The van der Waals surface area contributed by atoms with Gasteiger partial charge in [-0.1, -0.05) is 23.2 Å². The molecule has 2 aromatic rings. The molecule has 0 saturated heterocycles. The molecular weight excluding hydrogens is 440 g/mol. The molecule has 0 bridgehead atoms. The minimum atomic E-state index is -4.47. The summed E-state index contributed by atoms with van der Waals surface area (Å²) in [5, 5.41) is 0.389. The number of aryl methyl sites for hydroxylation is 1. The fourth-order valence-corrected chi connectivity index (χ4v) is 3.71. The molecule has 3 rings (SSSR count). The molecule has 0 aliphatic carbocycles. The van der Waals surface area contributed by atoms with Gasteiger partial charge in [0, 0.05) is 21.7 Å². The van der Waals surface area contributed by atoms with Crippen LogP contribution in [0.4, 0.5) is 13.2 Å². The quantitative estimate of drug-likeness (QED) is 0.446. The van der Waals surface area contributed by atoms with Crippen LogP contribution in [-0.4, -0.2) is 18.2 Å². The van der Waals surface area contributed by atoms with Crippen molar-refractivity contribution in [1.82, 2.24) is 0 Å². The molecule has 0 fully saturated rings. The van der Waals surface area contributed by atoms with Crippen molar-refractivity contribution in [3.63, 3.8) is 0 Å². The summed E-state index contributed by atoms with van der Waals surface area (Å²) in [5.41, 5.74) is 0.615.